The number of methoxy groups -OCH3 is 1. The minimum Gasteiger partial charge on any atom is -0.497 e. The number of anilines is 1. The molecule has 2 N–H and O–H groups in total. The number of aryl methyl sites for hydroxylation is 1. The van der Waals surface area contributed by atoms with Crippen molar-refractivity contribution in [2.75, 3.05) is 12.8 Å². The highest BCUT2D eigenvalue weighted by Crippen LogP contribution is 2.29. The number of hydrogen-bond acceptors (Lipinski definition) is 3. The van der Waals surface area contributed by atoms with Crippen LogP contribution in [0.4, 0.5) is 5.82 Å². The SMILES string of the molecule is CCc1ccnc(N)c1-c1ccc(OC)cc1. The number of nitrogens with two attached hydrogens (primary N) is 1. The molecule has 0 amide bonds. The molecule has 2 rings (SSSR count). The molecule has 0 atom stereocenters. The fourth-order valence-corrected chi connectivity index (χ4v) is 1.91. The fraction of sp³-hybridized carbons (Fsp3) is 0.214. The van der Waals surface area contributed by atoms with Crippen molar-refractivity contribution in [2.45, 2.75) is 13.3 Å². The second-order valence-corrected chi connectivity index (χ2v) is 3.81. The molecule has 0 aliphatic rings. The summed E-state index contributed by atoms with van der Waals surface area (Å²) in [6.45, 7) is 2.11. The third-order valence-corrected chi connectivity index (χ3v) is 2.83. The van der Waals surface area contributed by atoms with Gasteiger partial charge in [-0.2, -0.15) is 0 Å². The van der Waals surface area contributed by atoms with Crippen molar-refractivity contribution in [2.24, 2.45) is 0 Å². The molecule has 0 bridgehead atoms. The largest absolute Gasteiger partial charge is 0.497 e. The third-order valence-electron chi connectivity index (χ3n) is 2.83. The molecule has 0 aliphatic carbocycles. The average molecular weight is 228 g/mol. The smallest absolute Gasteiger partial charge is 0.131 e. The predicted molar refractivity (Wildman–Crippen MR) is 70.0 cm³/mol. The van der Waals surface area contributed by atoms with E-state index in [2.05, 4.69) is 11.9 Å². The number of ether oxygens (including phenoxy) is 1. The van der Waals surface area contributed by atoms with E-state index < -0.39 is 0 Å². The second kappa shape index (κ2) is 4.87. The van der Waals surface area contributed by atoms with Crippen molar-refractivity contribution in [3.05, 3.63) is 42.1 Å². The van der Waals surface area contributed by atoms with Crippen LogP contribution >= 0.6 is 0 Å². The first kappa shape index (κ1) is 11.5. The topological polar surface area (TPSA) is 48.1 Å². The standard InChI is InChI=1S/C14H16N2O/c1-3-10-8-9-16-14(15)13(10)11-4-6-12(17-2)7-5-11/h4-9H,3H2,1-2H3,(H2,15,16). The quantitative estimate of drug-likeness (QED) is 0.878. The summed E-state index contributed by atoms with van der Waals surface area (Å²) in [4.78, 5) is 4.15. The molecule has 0 saturated carbocycles. The molecule has 1 heterocycles. The van der Waals surface area contributed by atoms with Crippen LogP contribution < -0.4 is 10.5 Å². The van der Waals surface area contributed by atoms with Crippen molar-refractivity contribution >= 4 is 5.82 Å². The van der Waals surface area contributed by atoms with Crippen LogP contribution in [0.1, 0.15) is 12.5 Å². The average Bonchev–Trinajstić information content (AvgIpc) is 2.38. The Morgan fingerprint density at radius 2 is 1.88 bits per heavy atom. The minimum atomic E-state index is 0.578. The van der Waals surface area contributed by atoms with Crippen LogP contribution in [0.15, 0.2) is 36.5 Å². The lowest BCUT2D eigenvalue weighted by Gasteiger charge is -2.10. The van der Waals surface area contributed by atoms with Crippen molar-refractivity contribution in [1.29, 1.82) is 0 Å². The summed E-state index contributed by atoms with van der Waals surface area (Å²) in [5.74, 6) is 1.42. The second-order valence-electron chi connectivity index (χ2n) is 3.81. The first-order chi connectivity index (χ1) is 8.26. The van der Waals surface area contributed by atoms with Crippen LogP contribution in [0.25, 0.3) is 11.1 Å². The van der Waals surface area contributed by atoms with Crippen LogP contribution in [0, 0.1) is 0 Å². The number of rotatable bonds is 3. The van der Waals surface area contributed by atoms with Crippen molar-refractivity contribution < 1.29 is 4.74 Å². The molecule has 17 heavy (non-hydrogen) atoms. The molecule has 2 aromatic rings. The summed E-state index contributed by atoms with van der Waals surface area (Å²) in [7, 11) is 1.66. The number of pyridine rings is 1. The lowest BCUT2D eigenvalue weighted by atomic mass is 9.99. The highest BCUT2D eigenvalue weighted by atomic mass is 16.5. The van der Waals surface area contributed by atoms with Crippen molar-refractivity contribution in [1.82, 2.24) is 4.98 Å². The summed E-state index contributed by atoms with van der Waals surface area (Å²) in [5.41, 5.74) is 9.27. The summed E-state index contributed by atoms with van der Waals surface area (Å²) in [6.07, 6.45) is 2.69. The van der Waals surface area contributed by atoms with E-state index in [0.29, 0.717) is 5.82 Å². The Hall–Kier alpha value is -2.03. The normalized spacial score (nSPS) is 10.2. The van der Waals surface area contributed by atoms with Crippen molar-refractivity contribution in [3.8, 4) is 16.9 Å². The Morgan fingerprint density at radius 3 is 2.47 bits per heavy atom. The molecule has 88 valence electrons. The third kappa shape index (κ3) is 2.23. The Balaban J connectivity index is 2.51. The van der Waals surface area contributed by atoms with Gasteiger partial charge in [0.15, 0.2) is 0 Å². The molecular weight excluding hydrogens is 212 g/mol. The number of benzene rings is 1. The number of nitrogens with zero attached hydrogens (tertiary/aromatic N) is 1. The lowest BCUT2D eigenvalue weighted by molar-refractivity contribution is 0.415. The van der Waals surface area contributed by atoms with E-state index in [1.165, 1.54) is 5.56 Å². The Kier molecular flexibility index (Phi) is 3.28. The van der Waals surface area contributed by atoms with E-state index in [-0.39, 0.29) is 0 Å². The fourth-order valence-electron chi connectivity index (χ4n) is 1.91. The van der Waals surface area contributed by atoms with E-state index in [1.54, 1.807) is 13.3 Å². The number of nitrogen functional groups attached to an aromatic ring is 1. The molecule has 3 nitrogen and oxygen atoms in total. The van der Waals surface area contributed by atoms with Crippen LogP contribution in [0.2, 0.25) is 0 Å². The van der Waals surface area contributed by atoms with Gasteiger partial charge in [-0.05, 0) is 35.7 Å². The van der Waals surface area contributed by atoms with Gasteiger partial charge in [-0.3, -0.25) is 0 Å². The lowest BCUT2D eigenvalue weighted by Crippen LogP contribution is -1.98. The minimum absolute atomic E-state index is 0.578. The van der Waals surface area contributed by atoms with Gasteiger partial charge in [-0.1, -0.05) is 19.1 Å². The van der Waals surface area contributed by atoms with Gasteiger partial charge < -0.3 is 10.5 Å². The van der Waals surface area contributed by atoms with Gasteiger partial charge in [0.1, 0.15) is 11.6 Å². The molecule has 0 saturated heterocycles. The first-order valence-electron chi connectivity index (χ1n) is 5.64. The van der Waals surface area contributed by atoms with Crippen LogP contribution in [-0.4, -0.2) is 12.1 Å². The summed E-state index contributed by atoms with van der Waals surface area (Å²) in [6, 6.07) is 9.88. The highest BCUT2D eigenvalue weighted by Gasteiger charge is 2.08. The predicted octanol–water partition coefficient (Wildman–Crippen LogP) is 2.90. The maximum Gasteiger partial charge on any atom is 0.131 e. The monoisotopic (exact) mass is 228 g/mol. The molecule has 3 heteroatoms. The van der Waals surface area contributed by atoms with E-state index in [4.69, 9.17) is 10.5 Å². The van der Waals surface area contributed by atoms with Crippen LogP contribution in [0.3, 0.4) is 0 Å². The molecular formula is C14H16N2O. The van der Waals surface area contributed by atoms with Gasteiger partial charge >= 0.3 is 0 Å². The molecule has 0 aliphatic heterocycles. The van der Waals surface area contributed by atoms with Gasteiger partial charge in [0, 0.05) is 11.8 Å². The maximum absolute atomic E-state index is 5.96. The Morgan fingerprint density at radius 1 is 1.18 bits per heavy atom. The van der Waals surface area contributed by atoms with E-state index >= 15 is 0 Å². The zero-order valence-electron chi connectivity index (χ0n) is 10.1. The Bertz CT molecular complexity index is 506. The van der Waals surface area contributed by atoms with Gasteiger partial charge in [-0.25, -0.2) is 4.98 Å². The first-order valence-corrected chi connectivity index (χ1v) is 5.64. The molecule has 0 fully saturated rings. The van der Waals surface area contributed by atoms with Crippen LogP contribution in [0.5, 0.6) is 5.75 Å². The van der Waals surface area contributed by atoms with Gasteiger partial charge in [0.05, 0.1) is 7.11 Å². The molecule has 1 aromatic heterocycles. The number of hydrogen-bond donors (Lipinski definition) is 1. The van der Waals surface area contributed by atoms with E-state index in [0.717, 1.165) is 23.3 Å². The Labute approximate surface area is 101 Å². The van der Waals surface area contributed by atoms with E-state index in [9.17, 15) is 0 Å². The zero-order chi connectivity index (χ0) is 12.3. The van der Waals surface area contributed by atoms with Gasteiger partial charge in [0.25, 0.3) is 0 Å². The summed E-state index contributed by atoms with van der Waals surface area (Å²) < 4.78 is 5.14. The van der Waals surface area contributed by atoms with Crippen LogP contribution in [-0.2, 0) is 6.42 Å². The van der Waals surface area contributed by atoms with E-state index in [1.807, 2.05) is 30.3 Å². The molecule has 0 unspecified atom stereocenters. The zero-order valence-corrected chi connectivity index (χ0v) is 10.1. The summed E-state index contributed by atoms with van der Waals surface area (Å²) >= 11 is 0. The molecule has 0 spiro atoms. The highest BCUT2D eigenvalue weighted by molar-refractivity contribution is 5.77. The maximum atomic E-state index is 5.96. The van der Waals surface area contributed by atoms with Crippen molar-refractivity contribution in [3.63, 3.8) is 0 Å². The van der Waals surface area contributed by atoms with Gasteiger partial charge in [-0.15, -0.1) is 0 Å². The summed E-state index contributed by atoms with van der Waals surface area (Å²) in [5, 5.41) is 0. The molecule has 0 radical (unpaired) electrons. The number of aromatic nitrogens is 1. The van der Waals surface area contributed by atoms with Gasteiger partial charge in [0.2, 0.25) is 0 Å². The molecule has 1 aromatic carbocycles.